The van der Waals surface area contributed by atoms with Crippen LogP contribution in [0, 0.1) is 0 Å². The third kappa shape index (κ3) is 3.03. The quantitative estimate of drug-likeness (QED) is 0.320. The Morgan fingerprint density at radius 3 is 1.54 bits per heavy atom. The summed E-state index contributed by atoms with van der Waals surface area (Å²) < 4.78 is 0. The van der Waals surface area contributed by atoms with Crippen LogP contribution in [0.3, 0.4) is 0 Å². The maximum atomic E-state index is 5.10. The van der Waals surface area contributed by atoms with Crippen LogP contribution >= 0.6 is 0 Å². The Labute approximate surface area is 201 Å². The minimum atomic E-state index is -0.182. The Morgan fingerprint density at radius 1 is 0.571 bits per heavy atom. The van der Waals surface area contributed by atoms with Crippen molar-refractivity contribution in [1.29, 1.82) is 0 Å². The Balaban J connectivity index is 1.38. The van der Waals surface area contributed by atoms with Crippen molar-refractivity contribution in [1.82, 2.24) is 29.9 Å². The maximum absolute atomic E-state index is 5.10. The molecule has 6 heteroatoms. The Kier molecular flexibility index (Phi) is 4.09. The second-order valence-electron chi connectivity index (χ2n) is 9.36. The second-order valence-corrected chi connectivity index (χ2v) is 9.36. The van der Waals surface area contributed by atoms with Crippen molar-refractivity contribution in [2.24, 2.45) is 0 Å². The monoisotopic (exact) mass is 452 g/mol. The van der Waals surface area contributed by atoms with Crippen LogP contribution in [0.25, 0.3) is 56.0 Å². The molecule has 6 aromatic rings. The van der Waals surface area contributed by atoms with E-state index in [0.29, 0.717) is 0 Å². The van der Waals surface area contributed by atoms with E-state index in [0.717, 1.165) is 56.0 Å². The molecule has 0 spiro atoms. The van der Waals surface area contributed by atoms with E-state index in [-0.39, 0.29) is 5.41 Å². The number of hydrogen-bond acceptors (Lipinski definition) is 6. The molecule has 0 amide bonds. The summed E-state index contributed by atoms with van der Waals surface area (Å²) in [5, 5.41) is 1.98. The minimum Gasteiger partial charge on any atom is -0.246 e. The first-order valence-electron chi connectivity index (χ1n) is 11.5. The summed E-state index contributed by atoms with van der Waals surface area (Å²) in [6.45, 7) is 4.46. The predicted octanol–water partition coefficient (Wildman–Crippen LogP) is 6.00. The molecule has 166 valence electrons. The fourth-order valence-electron chi connectivity index (χ4n) is 4.97. The molecule has 35 heavy (non-hydrogen) atoms. The van der Waals surface area contributed by atoms with E-state index in [1.54, 1.807) is 12.4 Å². The molecular formula is C29H20N6. The molecule has 1 aliphatic carbocycles. The van der Waals surface area contributed by atoms with Gasteiger partial charge in [-0.3, -0.25) is 0 Å². The molecule has 0 atom stereocenters. The van der Waals surface area contributed by atoms with E-state index in [1.165, 1.54) is 11.1 Å². The first kappa shape index (κ1) is 19.9. The van der Waals surface area contributed by atoms with Gasteiger partial charge in [0.25, 0.3) is 0 Å². The van der Waals surface area contributed by atoms with E-state index in [4.69, 9.17) is 9.97 Å². The van der Waals surface area contributed by atoms with E-state index in [1.807, 2.05) is 36.7 Å². The van der Waals surface area contributed by atoms with Crippen LogP contribution in [-0.4, -0.2) is 29.9 Å². The molecule has 0 N–H and O–H groups in total. The van der Waals surface area contributed by atoms with Gasteiger partial charge in [-0.25, -0.2) is 29.9 Å². The Hall–Kier alpha value is -4.58. The van der Waals surface area contributed by atoms with Gasteiger partial charge in [0.05, 0.1) is 22.8 Å². The highest BCUT2D eigenvalue weighted by atomic mass is 14.9. The van der Waals surface area contributed by atoms with Crippen LogP contribution in [-0.2, 0) is 5.41 Å². The Morgan fingerprint density at radius 2 is 1.06 bits per heavy atom. The molecule has 0 saturated carbocycles. The lowest BCUT2D eigenvalue weighted by molar-refractivity contribution is 0.658. The zero-order valence-electron chi connectivity index (χ0n) is 19.3. The van der Waals surface area contributed by atoms with Crippen LogP contribution in [0.15, 0.2) is 85.5 Å². The van der Waals surface area contributed by atoms with Gasteiger partial charge in [0, 0.05) is 52.1 Å². The summed E-state index contributed by atoms with van der Waals surface area (Å²) in [5.41, 5.74) is 9.14. The highest BCUT2D eigenvalue weighted by Crippen LogP contribution is 2.48. The largest absolute Gasteiger partial charge is 0.246 e. The second kappa shape index (κ2) is 7.21. The molecule has 6 nitrogen and oxygen atoms in total. The number of rotatable bonds is 2. The van der Waals surface area contributed by atoms with Crippen LogP contribution in [0.4, 0.5) is 0 Å². The third-order valence-corrected chi connectivity index (χ3v) is 6.86. The van der Waals surface area contributed by atoms with Crippen molar-refractivity contribution in [2.75, 3.05) is 0 Å². The van der Waals surface area contributed by atoms with Gasteiger partial charge in [-0.05, 0) is 59.7 Å². The molecule has 0 aromatic carbocycles. The first-order valence-corrected chi connectivity index (χ1v) is 11.5. The van der Waals surface area contributed by atoms with Crippen molar-refractivity contribution >= 4 is 22.1 Å². The molecule has 6 aromatic heterocycles. The van der Waals surface area contributed by atoms with Gasteiger partial charge in [-0.2, -0.15) is 0 Å². The third-order valence-electron chi connectivity index (χ3n) is 6.86. The molecular weight excluding hydrogens is 432 g/mol. The molecule has 0 radical (unpaired) electrons. The van der Waals surface area contributed by atoms with Crippen LogP contribution in [0.5, 0.6) is 0 Å². The predicted molar refractivity (Wildman–Crippen MR) is 137 cm³/mol. The van der Waals surface area contributed by atoms with Crippen molar-refractivity contribution < 1.29 is 0 Å². The SMILES string of the molecule is CC1(C)c2ccc(-c3cnc4ncccc4c3)nc2-c2nc(-c3cnc4ncccc4c3)ccc21. The number of hydrogen-bond donors (Lipinski definition) is 0. The van der Waals surface area contributed by atoms with Gasteiger partial charge in [0.15, 0.2) is 11.3 Å². The van der Waals surface area contributed by atoms with Gasteiger partial charge in [-0.1, -0.05) is 26.0 Å². The molecule has 1 aliphatic rings. The zero-order valence-corrected chi connectivity index (χ0v) is 19.3. The Bertz CT molecular complexity index is 1660. The van der Waals surface area contributed by atoms with Crippen molar-refractivity contribution in [3.05, 3.63) is 96.6 Å². The number of aromatic nitrogens is 6. The normalized spacial score (nSPS) is 13.7. The zero-order chi connectivity index (χ0) is 23.6. The van der Waals surface area contributed by atoms with E-state index < -0.39 is 0 Å². The molecule has 0 saturated heterocycles. The summed E-state index contributed by atoms with van der Waals surface area (Å²) in [4.78, 5) is 27.9. The van der Waals surface area contributed by atoms with Gasteiger partial charge < -0.3 is 0 Å². The molecule has 0 bridgehead atoms. The lowest BCUT2D eigenvalue weighted by Gasteiger charge is -2.20. The van der Waals surface area contributed by atoms with Gasteiger partial charge in [-0.15, -0.1) is 0 Å². The number of fused-ring (bicyclic) bond motifs is 5. The molecule has 0 fully saturated rings. The molecule has 7 rings (SSSR count). The summed E-state index contributed by atoms with van der Waals surface area (Å²) in [5.74, 6) is 0. The molecule has 6 heterocycles. The van der Waals surface area contributed by atoms with Crippen LogP contribution < -0.4 is 0 Å². The lowest BCUT2D eigenvalue weighted by Crippen LogP contribution is -2.15. The minimum absolute atomic E-state index is 0.182. The van der Waals surface area contributed by atoms with Gasteiger partial charge >= 0.3 is 0 Å². The highest BCUT2D eigenvalue weighted by molar-refractivity contribution is 5.84. The summed E-state index contributed by atoms with van der Waals surface area (Å²) >= 11 is 0. The smallest absolute Gasteiger partial charge is 0.159 e. The number of nitrogens with zero attached hydrogens (tertiary/aromatic N) is 6. The van der Waals surface area contributed by atoms with E-state index >= 15 is 0 Å². The van der Waals surface area contributed by atoms with E-state index in [2.05, 4.69) is 70.2 Å². The van der Waals surface area contributed by atoms with Gasteiger partial charge in [0.1, 0.15) is 0 Å². The first-order chi connectivity index (χ1) is 17.1. The molecule has 0 unspecified atom stereocenters. The number of pyridine rings is 6. The van der Waals surface area contributed by atoms with Crippen molar-refractivity contribution in [3.63, 3.8) is 0 Å². The van der Waals surface area contributed by atoms with Crippen LogP contribution in [0.1, 0.15) is 25.0 Å². The van der Waals surface area contributed by atoms with Gasteiger partial charge in [0.2, 0.25) is 0 Å². The average molecular weight is 453 g/mol. The van der Waals surface area contributed by atoms with Crippen molar-refractivity contribution in [3.8, 4) is 33.9 Å². The van der Waals surface area contributed by atoms with E-state index in [9.17, 15) is 0 Å². The standard InChI is InChI=1S/C29H20N6/c1-29(2)21-7-9-23(19-13-17-5-3-11-30-27(17)32-15-19)34-25(21)26-22(29)8-10-24(35-26)20-14-18-6-4-12-31-28(18)33-16-20/h3-16H,1-2H3. The van der Waals surface area contributed by atoms with Crippen LogP contribution in [0.2, 0.25) is 0 Å². The summed E-state index contributed by atoms with van der Waals surface area (Å²) in [6.07, 6.45) is 7.19. The topological polar surface area (TPSA) is 77.3 Å². The fraction of sp³-hybridized carbons (Fsp3) is 0.103. The molecule has 0 aliphatic heterocycles. The van der Waals surface area contributed by atoms with Crippen molar-refractivity contribution in [2.45, 2.75) is 19.3 Å². The lowest BCUT2D eigenvalue weighted by atomic mass is 9.83. The highest BCUT2D eigenvalue weighted by Gasteiger charge is 2.38. The maximum Gasteiger partial charge on any atom is 0.159 e. The fourth-order valence-corrected chi connectivity index (χ4v) is 4.97. The summed E-state index contributed by atoms with van der Waals surface area (Å²) in [6, 6.07) is 20.6. The summed E-state index contributed by atoms with van der Waals surface area (Å²) in [7, 11) is 0. The average Bonchev–Trinajstić information content (AvgIpc) is 3.13.